The minimum atomic E-state index is -4.35. The molecule has 0 N–H and O–H groups in total. The molecule has 220 valence electrons. The summed E-state index contributed by atoms with van der Waals surface area (Å²) in [6, 6.07) is 0. The monoisotopic (exact) mass is 630 g/mol. The van der Waals surface area contributed by atoms with Crippen molar-refractivity contribution in [2.45, 2.75) is 66.0 Å². The molecule has 0 saturated carbocycles. The topological polar surface area (TPSA) is 142 Å². The van der Waals surface area contributed by atoms with Crippen LogP contribution in [0.5, 0.6) is 0 Å². The van der Waals surface area contributed by atoms with E-state index in [-0.39, 0.29) is 62.8 Å². The highest BCUT2D eigenvalue weighted by molar-refractivity contribution is 8.15. The molecule has 0 spiro atoms. The summed E-state index contributed by atoms with van der Waals surface area (Å²) in [5.74, 6) is 0. The van der Waals surface area contributed by atoms with Crippen LogP contribution in [-0.2, 0) is 54.5 Å². The first-order valence-electron chi connectivity index (χ1n) is 12.4. The summed E-state index contributed by atoms with van der Waals surface area (Å²) >= 11 is 0.747. The Hall–Kier alpha value is 0.690. The second-order valence-electron chi connectivity index (χ2n) is 7.06. The van der Waals surface area contributed by atoms with E-state index in [4.69, 9.17) is 36.2 Å². The highest BCUT2D eigenvalue weighted by Crippen LogP contribution is 2.83. The van der Waals surface area contributed by atoms with Crippen molar-refractivity contribution in [2.24, 2.45) is 0 Å². The summed E-state index contributed by atoms with van der Waals surface area (Å²) in [4.78, 5) is -1.34. The van der Waals surface area contributed by atoms with Crippen molar-refractivity contribution in [3.8, 4) is 0 Å². The second-order valence-corrected chi connectivity index (χ2v) is 17.1. The molecular formula is C20H42O12P4S. The van der Waals surface area contributed by atoms with Crippen molar-refractivity contribution >= 4 is 42.1 Å². The summed E-state index contributed by atoms with van der Waals surface area (Å²) in [7, 11) is -17.0. The summed E-state index contributed by atoms with van der Waals surface area (Å²) in [6.07, 6.45) is 0. The Labute approximate surface area is 225 Å². The largest absolute Gasteiger partial charge is 0.368 e. The third-order valence-corrected chi connectivity index (χ3v) is 17.5. The molecule has 12 nitrogen and oxygen atoms in total. The van der Waals surface area contributed by atoms with Crippen LogP contribution in [-0.4, -0.2) is 63.5 Å². The Balaban J connectivity index is 4.25. The van der Waals surface area contributed by atoms with Gasteiger partial charge in [-0.2, -0.15) is 0 Å². The Morgan fingerprint density at radius 3 is 1.19 bits per heavy atom. The molecule has 17 heteroatoms. The fourth-order valence-electron chi connectivity index (χ4n) is 3.64. The molecule has 1 unspecified atom stereocenters. The summed E-state index contributed by atoms with van der Waals surface area (Å²) in [6.45, 7) is 12.6. The average Bonchev–Trinajstić information content (AvgIpc) is 3.25. The minimum absolute atomic E-state index is 0.0115. The molecule has 1 aliphatic heterocycles. The molecule has 0 aliphatic carbocycles. The minimum Gasteiger partial charge on any atom is -0.308 e. The lowest BCUT2D eigenvalue weighted by Gasteiger charge is -2.33. The van der Waals surface area contributed by atoms with Gasteiger partial charge < -0.3 is 36.2 Å². The summed E-state index contributed by atoms with van der Waals surface area (Å²) in [5, 5.41) is -0.277. The fraction of sp³-hybridized carbons (Fsp3) is 0.900. The number of allylic oxidation sites excluding steroid dienone is 1. The van der Waals surface area contributed by atoms with E-state index >= 15 is 0 Å². The molecule has 2 atom stereocenters. The lowest BCUT2D eigenvalue weighted by Crippen LogP contribution is -2.27. The van der Waals surface area contributed by atoms with Crippen molar-refractivity contribution in [2.75, 3.05) is 52.9 Å². The Morgan fingerprint density at radius 1 is 0.514 bits per heavy atom. The van der Waals surface area contributed by atoms with E-state index in [9.17, 15) is 18.3 Å². The number of hydrogen-bond acceptors (Lipinski definition) is 13. The van der Waals surface area contributed by atoms with Gasteiger partial charge in [-0.15, -0.1) is 0 Å². The van der Waals surface area contributed by atoms with Gasteiger partial charge in [-0.25, -0.2) is 0 Å². The maximum absolute atomic E-state index is 14.4. The van der Waals surface area contributed by atoms with E-state index in [0.717, 1.165) is 11.8 Å². The average molecular weight is 631 g/mol. The molecule has 0 saturated heterocycles. The third-order valence-electron chi connectivity index (χ3n) is 4.63. The van der Waals surface area contributed by atoms with Gasteiger partial charge in [0, 0.05) is 0 Å². The first-order chi connectivity index (χ1) is 17.5. The van der Waals surface area contributed by atoms with Gasteiger partial charge in [0.2, 0.25) is 0 Å². The zero-order valence-corrected chi connectivity index (χ0v) is 27.3. The molecule has 37 heavy (non-hydrogen) atoms. The molecule has 1 aliphatic rings. The van der Waals surface area contributed by atoms with Crippen LogP contribution in [0.1, 0.15) is 55.4 Å². The second kappa shape index (κ2) is 16.2. The van der Waals surface area contributed by atoms with Gasteiger partial charge in [0.1, 0.15) is 15.3 Å². The SMILES string of the molecule is CCOP(=O)(OCC)C1=C(P(=O)(OCC)OCC)[C@H](P(=O)(OCC)OCC)C(P(=O)(OCC)OCC)S1. The molecule has 0 aromatic carbocycles. The lowest BCUT2D eigenvalue weighted by atomic mass is 10.4. The van der Waals surface area contributed by atoms with Crippen molar-refractivity contribution in [1.82, 2.24) is 0 Å². The zero-order valence-electron chi connectivity index (χ0n) is 22.9. The Morgan fingerprint density at radius 2 is 0.838 bits per heavy atom. The number of rotatable bonds is 20. The van der Waals surface area contributed by atoms with Gasteiger partial charge in [-0.3, -0.25) is 18.3 Å². The van der Waals surface area contributed by atoms with Gasteiger partial charge in [0.05, 0.1) is 58.2 Å². The van der Waals surface area contributed by atoms with Crippen molar-refractivity contribution in [3.63, 3.8) is 0 Å². The number of hydrogen-bond donors (Lipinski definition) is 0. The van der Waals surface area contributed by atoms with E-state index in [1.807, 2.05) is 0 Å². The van der Waals surface area contributed by atoms with Gasteiger partial charge in [0.25, 0.3) is 0 Å². The highest BCUT2D eigenvalue weighted by atomic mass is 32.2. The standard InChI is InChI=1S/C20H42O12P4S/c1-9-25-33(21,26-10-2)17-18(34(22,27-11-3)28-12-4)20(36(24,31-15-7)32-16-8)37-19(17)35(23,29-13-5)30-14-6/h17,19H,9-16H2,1-8H3/t17-,19?/m0/s1. The lowest BCUT2D eigenvalue weighted by molar-refractivity contribution is 0.201. The molecule has 0 radical (unpaired) electrons. The molecule has 1 rings (SSSR count). The van der Waals surface area contributed by atoms with Crippen LogP contribution in [0, 0.1) is 0 Å². The molecule has 0 fully saturated rings. The highest BCUT2D eigenvalue weighted by Gasteiger charge is 2.64. The molecule has 0 bridgehead atoms. The predicted molar refractivity (Wildman–Crippen MR) is 146 cm³/mol. The molecule has 1 heterocycles. The first-order valence-corrected chi connectivity index (χ1v) is 19.6. The van der Waals surface area contributed by atoms with E-state index < -0.39 is 41.0 Å². The van der Waals surface area contributed by atoms with Gasteiger partial charge >= 0.3 is 30.4 Å². The van der Waals surface area contributed by atoms with Crippen molar-refractivity contribution in [1.29, 1.82) is 0 Å². The molecular weight excluding hydrogens is 588 g/mol. The summed E-state index contributed by atoms with van der Waals surface area (Å²) < 4.78 is 102. The quantitative estimate of drug-likeness (QED) is 0.122. The third kappa shape index (κ3) is 8.36. The van der Waals surface area contributed by atoms with Gasteiger partial charge in [0.15, 0.2) is 0 Å². The zero-order chi connectivity index (χ0) is 28.3. The van der Waals surface area contributed by atoms with Crippen molar-refractivity contribution in [3.05, 3.63) is 9.96 Å². The fourth-order valence-corrected chi connectivity index (χ4v) is 17.7. The van der Waals surface area contributed by atoms with Crippen LogP contribution in [0.15, 0.2) is 9.96 Å². The van der Waals surface area contributed by atoms with Crippen LogP contribution in [0.3, 0.4) is 0 Å². The van der Waals surface area contributed by atoms with Crippen LogP contribution in [0.25, 0.3) is 0 Å². The van der Waals surface area contributed by atoms with Crippen LogP contribution < -0.4 is 0 Å². The van der Waals surface area contributed by atoms with Gasteiger partial charge in [-0.1, -0.05) is 11.8 Å². The molecule has 0 aromatic heterocycles. The number of thioether (sulfide) groups is 1. The predicted octanol–water partition coefficient (Wildman–Crippen LogP) is 7.66. The van der Waals surface area contributed by atoms with Crippen molar-refractivity contribution < 1.29 is 54.5 Å². The van der Waals surface area contributed by atoms with Gasteiger partial charge in [-0.05, 0) is 55.4 Å². The maximum atomic E-state index is 14.4. The first kappa shape index (κ1) is 35.7. The van der Waals surface area contributed by atoms with Crippen LogP contribution in [0.4, 0.5) is 0 Å². The summed E-state index contributed by atoms with van der Waals surface area (Å²) in [5.41, 5.74) is -1.53. The van der Waals surface area contributed by atoms with E-state index in [1.165, 1.54) is 0 Å². The van der Waals surface area contributed by atoms with Crippen LogP contribution >= 0.6 is 42.1 Å². The maximum Gasteiger partial charge on any atom is 0.368 e. The molecule has 0 aromatic rings. The molecule has 0 amide bonds. The normalized spacial score (nSPS) is 19.7. The Kier molecular flexibility index (Phi) is 15.7. The smallest absolute Gasteiger partial charge is 0.308 e. The van der Waals surface area contributed by atoms with E-state index in [0.29, 0.717) is 0 Å². The van der Waals surface area contributed by atoms with E-state index in [1.54, 1.807) is 55.4 Å². The Bertz CT molecular complexity index is 902. The van der Waals surface area contributed by atoms with Crippen LogP contribution in [0.2, 0.25) is 0 Å². The van der Waals surface area contributed by atoms with E-state index in [2.05, 4.69) is 0 Å².